The quantitative estimate of drug-likeness (QED) is 0.908. The van der Waals surface area contributed by atoms with Crippen molar-refractivity contribution in [1.82, 2.24) is 10.2 Å². The molecule has 132 valence electrons. The molecule has 1 atom stereocenters. The Bertz CT molecular complexity index is 715. The number of likely N-dealkylation sites (N-methyl/N-ethyl adjacent to an activating group) is 1. The van der Waals surface area contributed by atoms with Crippen LogP contribution in [0.25, 0.3) is 0 Å². The van der Waals surface area contributed by atoms with E-state index in [0.29, 0.717) is 13.1 Å². The Kier molecular flexibility index (Phi) is 5.71. The molecule has 3 rings (SSSR count). The SMILES string of the molecule is Cc1ccc2c(c1)C(NCC(=O)N(C)Cc1ccccc1)CCCO2. The van der Waals surface area contributed by atoms with E-state index in [0.717, 1.165) is 36.3 Å². The number of benzene rings is 2. The zero-order chi connectivity index (χ0) is 17.6. The average Bonchev–Trinajstić information content (AvgIpc) is 2.82. The molecule has 0 radical (unpaired) electrons. The molecule has 1 aliphatic heterocycles. The van der Waals surface area contributed by atoms with Gasteiger partial charge in [0.05, 0.1) is 13.2 Å². The van der Waals surface area contributed by atoms with Crippen molar-refractivity contribution < 1.29 is 9.53 Å². The van der Waals surface area contributed by atoms with Crippen molar-refractivity contribution in [3.8, 4) is 5.75 Å². The van der Waals surface area contributed by atoms with Gasteiger partial charge in [0, 0.05) is 25.2 Å². The predicted octanol–water partition coefficient (Wildman–Crippen LogP) is 3.46. The first-order chi connectivity index (χ1) is 12.1. The summed E-state index contributed by atoms with van der Waals surface area (Å²) < 4.78 is 5.83. The first-order valence-corrected chi connectivity index (χ1v) is 8.88. The molecular formula is C21H26N2O2. The lowest BCUT2D eigenvalue weighted by molar-refractivity contribution is -0.129. The zero-order valence-electron chi connectivity index (χ0n) is 15.0. The number of fused-ring (bicyclic) bond motifs is 1. The van der Waals surface area contributed by atoms with E-state index in [2.05, 4.69) is 24.4 Å². The fourth-order valence-electron chi connectivity index (χ4n) is 3.20. The second-order valence-corrected chi connectivity index (χ2v) is 6.70. The maximum Gasteiger partial charge on any atom is 0.236 e. The van der Waals surface area contributed by atoms with E-state index in [-0.39, 0.29) is 11.9 Å². The first-order valence-electron chi connectivity index (χ1n) is 8.88. The first kappa shape index (κ1) is 17.5. The highest BCUT2D eigenvalue weighted by Crippen LogP contribution is 2.32. The third-order valence-electron chi connectivity index (χ3n) is 4.62. The maximum absolute atomic E-state index is 12.5. The molecule has 2 aromatic rings. The molecule has 0 bridgehead atoms. The van der Waals surface area contributed by atoms with E-state index in [1.54, 1.807) is 4.90 Å². The van der Waals surface area contributed by atoms with Gasteiger partial charge in [-0.05, 0) is 31.4 Å². The molecule has 0 fully saturated rings. The summed E-state index contributed by atoms with van der Waals surface area (Å²) in [7, 11) is 1.85. The van der Waals surface area contributed by atoms with E-state index >= 15 is 0 Å². The number of hydrogen-bond donors (Lipinski definition) is 1. The summed E-state index contributed by atoms with van der Waals surface area (Å²) in [5, 5.41) is 3.44. The number of hydrogen-bond acceptors (Lipinski definition) is 3. The second-order valence-electron chi connectivity index (χ2n) is 6.70. The number of nitrogens with one attached hydrogen (secondary N) is 1. The Morgan fingerprint density at radius 1 is 1.24 bits per heavy atom. The van der Waals surface area contributed by atoms with Crippen LogP contribution in [0.3, 0.4) is 0 Å². The maximum atomic E-state index is 12.5. The second kappa shape index (κ2) is 8.17. The molecule has 0 spiro atoms. The number of nitrogens with zero attached hydrogens (tertiary/aromatic N) is 1. The van der Waals surface area contributed by atoms with Crippen LogP contribution in [0.5, 0.6) is 5.75 Å². The number of carbonyl (C=O) groups excluding carboxylic acids is 1. The summed E-state index contributed by atoms with van der Waals surface area (Å²) in [4.78, 5) is 14.3. The van der Waals surface area contributed by atoms with Gasteiger partial charge in [0.25, 0.3) is 0 Å². The van der Waals surface area contributed by atoms with Crippen molar-refractivity contribution in [2.75, 3.05) is 20.2 Å². The standard InChI is InChI=1S/C21H26N2O2/c1-16-10-11-20-18(13-16)19(9-6-12-25-20)22-14-21(24)23(2)15-17-7-4-3-5-8-17/h3-5,7-8,10-11,13,19,22H,6,9,12,14-15H2,1-2H3. The third-order valence-corrected chi connectivity index (χ3v) is 4.62. The van der Waals surface area contributed by atoms with Gasteiger partial charge in [-0.15, -0.1) is 0 Å². The molecule has 1 amide bonds. The van der Waals surface area contributed by atoms with Crippen molar-refractivity contribution in [3.63, 3.8) is 0 Å². The minimum atomic E-state index is 0.100. The van der Waals surface area contributed by atoms with Crippen molar-refractivity contribution >= 4 is 5.91 Å². The van der Waals surface area contributed by atoms with Crippen LogP contribution >= 0.6 is 0 Å². The average molecular weight is 338 g/mol. The van der Waals surface area contributed by atoms with E-state index in [4.69, 9.17) is 4.74 Å². The molecule has 4 nitrogen and oxygen atoms in total. The van der Waals surface area contributed by atoms with Gasteiger partial charge in [-0.3, -0.25) is 4.79 Å². The van der Waals surface area contributed by atoms with Crippen molar-refractivity contribution in [3.05, 3.63) is 65.2 Å². The fraction of sp³-hybridized carbons (Fsp3) is 0.381. The summed E-state index contributed by atoms with van der Waals surface area (Å²) in [5.74, 6) is 1.04. The summed E-state index contributed by atoms with van der Waals surface area (Å²) in [6.07, 6.45) is 1.96. The molecule has 1 heterocycles. The van der Waals surface area contributed by atoms with Crippen LogP contribution in [0.2, 0.25) is 0 Å². The Hall–Kier alpha value is -2.33. The molecule has 1 N–H and O–H groups in total. The molecule has 2 aromatic carbocycles. The van der Waals surface area contributed by atoms with Crippen molar-refractivity contribution in [2.45, 2.75) is 32.4 Å². The molecule has 0 saturated carbocycles. The summed E-state index contributed by atoms with van der Waals surface area (Å²) in [6, 6.07) is 16.5. The smallest absolute Gasteiger partial charge is 0.236 e. The van der Waals surface area contributed by atoms with E-state index < -0.39 is 0 Å². The molecule has 0 saturated heterocycles. The van der Waals surface area contributed by atoms with Crippen LogP contribution in [0.15, 0.2) is 48.5 Å². The lowest BCUT2D eigenvalue weighted by atomic mass is 10.00. The number of ether oxygens (including phenoxy) is 1. The highest BCUT2D eigenvalue weighted by molar-refractivity contribution is 5.78. The van der Waals surface area contributed by atoms with Crippen LogP contribution in [-0.2, 0) is 11.3 Å². The van der Waals surface area contributed by atoms with Crippen LogP contribution in [0.1, 0.15) is 35.6 Å². The summed E-state index contributed by atoms with van der Waals surface area (Å²) in [6.45, 7) is 3.78. The number of aryl methyl sites for hydroxylation is 1. The molecular weight excluding hydrogens is 312 g/mol. The van der Waals surface area contributed by atoms with Gasteiger partial charge >= 0.3 is 0 Å². The van der Waals surface area contributed by atoms with Crippen LogP contribution < -0.4 is 10.1 Å². The largest absolute Gasteiger partial charge is 0.493 e. The van der Waals surface area contributed by atoms with Crippen LogP contribution in [0.4, 0.5) is 0 Å². The van der Waals surface area contributed by atoms with Gasteiger partial charge in [-0.25, -0.2) is 0 Å². The van der Waals surface area contributed by atoms with Gasteiger partial charge in [0.1, 0.15) is 5.75 Å². The van der Waals surface area contributed by atoms with Gasteiger partial charge in [-0.2, -0.15) is 0 Å². The van der Waals surface area contributed by atoms with Gasteiger partial charge in [0.2, 0.25) is 5.91 Å². The molecule has 1 unspecified atom stereocenters. The predicted molar refractivity (Wildman–Crippen MR) is 99.6 cm³/mol. The number of carbonyl (C=O) groups is 1. The monoisotopic (exact) mass is 338 g/mol. The number of amides is 1. The highest BCUT2D eigenvalue weighted by Gasteiger charge is 2.21. The number of rotatable bonds is 5. The minimum absolute atomic E-state index is 0.100. The van der Waals surface area contributed by atoms with Crippen LogP contribution in [-0.4, -0.2) is 31.0 Å². The van der Waals surface area contributed by atoms with Gasteiger partial charge in [0.15, 0.2) is 0 Å². The van der Waals surface area contributed by atoms with Crippen molar-refractivity contribution in [2.24, 2.45) is 0 Å². The molecule has 4 heteroatoms. The Morgan fingerprint density at radius 3 is 2.84 bits per heavy atom. The molecule has 1 aliphatic rings. The van der Waals surface area contributed by atoms with E-state index in [1.165, 1.54) is 5.56 Å². The van der Waals surface area contributed by atoms with Gasteiger partial charge in [-0.1, -0.05) is 48.0 Å². The Balaban J connectivity index is 1.61. The minimum Gasteiger partial charge on any atom is -0.493 e. The highest BCUT2D eigenvalue weighted by atomic mass is 16.5. The Labute approximate surface area is 149 Å². The fourth-order valence-corrected chi connectivity index (χ4v) is 3.20. The van der Waals surface area contributed by atoms with Crippen molar-refractivity contribution in [1.29, 1.82) is 0 Å². The topological polar surface area (TPSA) is 41.6 Å². The molecule has 25 heavy (non-hydrogen) atoms. The van der Waals surface area contributed by atoms with Crippen LogP contribution in [0, 0.1) is 6.92 Å². The summed E-state index contributed by atoms with van der Waals surface area (Å²) >= 11 is 0. The lowest BCUT2D eigenvalue weighted by Crippen LogP contribution is -2.36. The third kappa shape index (κ3) is 4.60. The lowest BCUT2D eigenvalue weighted by Gasteiger charge is -2.22. The molecule has 0 aliphatic carbocycles. The normalized spacial score (nSPS) is 16.5. The summed E-state index contributed by atoms with van der Waals surface area (Å²) in [5.41, 5.74) is 3.52. The van der Waals surface area contributed by atoms with E-state index in [9.17, 15) is 4.79 Å². The van der Waals surface area contributed by atoms with E-state index in [1.807, 2.05) is 43.4 Å². The zero-order valence-corrected chi connectivity index (χ0v) is 15.0. The Morgan fingerprint density at radius 2 is 2.04 bits per heavy atom. The molecule has 0 aromatic heterocycles. The van der Waals surface area contributed by atoms with Gasteiger partial charge < -0.3 is 15.0 Å².